The normalized spacial score (nSPS) is 10.7. The van der Waals surface area contributed by atoms with Crippen LogP contribution in [0.1, 0.15) is 0 Å². The van der Waals surface area contributed by atoms with E-state index in [1.807, 2.05) is 36.4 Å². The molecule has 0 saturated heterocycles. The Morgan fingerprint density at radius 3 is 1.85 bits per heavy atom. The molecule has 0 unspecified atom stereocenters. The molecule has 0 bridgehead atoms. The third kappa shape index (κ3) is 3.90. The molecule has 0 aliphatic carbocycles. The smallest absolute Gasteiger partial charge is 0.0835 e. The number of halogens is 1. The Morgan fingerprint density at radius 1 is 0.900 bits per heavy atom. The Kier molecular flexibility index (Phi) is 6.20. The second-order valence-corrected chi connectivity index (χ2v) is 11.7. The molecular weight excluding hydrogens is 323 g/mol. The van der Waals surface area contributed by atoms with Gasteiger partial charge in [-0.3, -0.25) is 0 Å². The molecule has 2 aromatic rings. The highest BCUT2D eigenvalue weighted by atomic mass is 35.5. The van der Waals surface area contributed by atoms with Crippen LogP contribution in [0.4, 0.5) is 0 Å². The van der Waals surface area contributed by atoms with Gasteiger partial charge >= 0.3 is 0 Å². The average Bonchev–Trinajstić information content (AvgIpc) is 2.53. The lowest BCUT2D eigenvalue weighted by atomic mass is 10.4. The summed E-state index contributed by atoms with van der Waals surface area (Å²) in [5.41, 5.74) is 0. The van der Waals surface area contributed by atoms with Gasteiger partial charge in [-0.1, -0.05) is 84.3 Å². The number of hydrogen-bond acceptors (Lipinski definition) is 2. The van der Waals surface area contributed by atoms with Crippen molar-refractivity contribution in [2.24, 2.45) is 0 Å². The fourth-order valence-electron chi connectivity index (χ4n) is 1.77. The van der Waals surface area contributed by atoms with Gasteiger partial charge in [-0.25, -0.2) is 0 Å². The largest absolute Gasteiger partial charge is 0.113 e. The summed E-state index contributed by atoms with van der Waals surface area (Å²) in [6, 6.07) is 20.7. The average molecular weight is 337 g/mol. The standard InChI is InChI=1S/C16H14ClPS2/c17-13-7-8-14-20-18(19,15-9-3-1-4-10-15)16-11-5-2-6-12-16/h1-6,9-12H,13-14H2. The van der Waals surface area contributed by atoms with Crippen molar-refractivity contribution < 1.29 is 0 Å². The van der Waals surface area contributed by atoms with Gasteiger partial charge in [0.25, 0.3) is 0 Å². The van der Waals surface area contributed by atoms with Crippen molar-refractivity contribution in [2.45, 2.75) is 0 Å². The van der Waals surface area contributed by atoms with Gasteiger partial charge in [-0.05, 0) is 10.6 Å². The summed E-state index contributed by atoms with van der Waals surface area (Å²) in [7, 11) is 0. The molecule has 0 amide bonds. The minimum atomic E-state index is -1.86. The first-order valence-corrected chi connectivity index (χ1v) is 11.1. The lowest BCUT2D eigenvalue weighted by Gasteiger charge is -2.21. The molecule has 2 aromatic carbocycles. The molecule has 0 N–H and O–H groups in total. The SMILES string of the molecule is S=P(SCC#CCCl)(c1ccccc1)c1ccccc1. The number of benzene rings is 2. The van der Waals surface area contributed by atoms with Gasteiger partial charge in [0.15, 0.2) is 0 Å². The first kappa shape index (κ1) is 15.7. The molecule has 20 heavy (non-hydrogen) atoms. The zero-order chi connectivity index (χ0) is 14.3. The van der Waals surface area contributed by atoms with Crippen LogP contribution in [0.2, 0.25) is 0 Å². The summed E-state index contributed by atoms with van der Waals surface area (Å²) in [4.78, 5) is 0. The van der Waals surface area contributed by atoms with E-state index in [0.717, 1.165) is 0 Å². The zero-order valence-corrected chi connectivity index (χ0v) is 14.1. The molecule has 0 aliphatic rings. The fourth-order valence-corrected chi connectivity index (χ4v) is 7.50. The highest BCUT2D eigenvalue weighted by Crippen LogP contribution is 2.56. The highest BCUT2D eigenvalue weighted by Gasteiger charge is 2.21. The van der Waals surface area contributed by atoms with Crippen molar-refractivity contribution in [3.8, 4) is 11.8 Å². The van der Waals surface area contributed by atoms with Gasteiger partial charge in [0.2, 0.25) is 0 Å². The van der Waals surface area contributed by atoms with Crippen LogP contribution in [0.5, 0.6) is 0 Å². The molecule has 0 aromatic heterocycles. The third-order valence-electron chi connectivity index (χ3n) is 2.70. The quantitative estimate of drug-likeness (QED) is 0.470. The summed E-state index contributed by atoms with van der Waals surface area (Å²) < 4.78 is 0. The topological polar surface area (TPSA) is 0 Å². The summed E-state index contributed by atoms with van der Waals surface area (Å²) in [6.07, 6.45) is 0. The van der Waals surface area contributed by atoms with E-state index in [1.165, 1.54) is 10.6 Å². The predicted molar refractivity (Wildman–Crippen MR) is 97.4 cm³/mol. The van der Waals surface area contributed by atoms with E-state index in [1.54, 1.807) is 11.4 Å². The number of hydrogen-bond donors (Lipinski definition) is 0. The Morgan fingerprint density at radius 2 is 1.40 bits per heavy atom. The summed E-state index contributed by atoms with van der Waals surface area (Å²) in [6.45, 7) is 0. The molecule has 0 fully saturated rings. The van der Waals surface area contributed by atoms with Gasteiger partial charge in [0, 0.05) is 0 Å². The predicted octanol–water partition coefficient (Wildman–Crippen LogP) is 4.01. The van der Waals surface area contributed by atoms with E-state index < -0.39 is 5.24 Å². The maximum absolute atomic E-state index is 6.06. The van der Waals surface area contributed by atoms with Crippen LogP contribution >= 0.6 is 28.2 Å². The van der Waals surface area contributed by atoms with Gasteiger partial charge in [0.1, 0.15) is 0 Å². The summed E-state index contributed by atoms with van der Waals surface area (Å²) in [5, 5.41) is 0.583. The van der Waals surface area contributed by atoms with E-state index in [4.69, 9.17) is 23.4 Å². The third-order valence-corrected chi connectivity index (χ3v) is 10.4. The number of alkyl halides is 1. The van der Waals surface area contributed by atoms with Gasteiger partial charge < -0.3 is 0 Å². The van der Waals surface area contributed by atoms with Crippen molar-refractivity contribution in [3.05, 3.63) is 60.7 Å². The fraction of sp³-hybridized carbons (Fsp3) is 0.125. The summed E-state index contributed by atoms with van der Waals surface area (Å²) in [5.74, 6) is 7.05. The Bertz CT molecular complexity index is 601. The van der Waals surface area contributed by atoms with Crippen molar-refractivity contribution in [2.75, 3.05) is 11.6 Å². The van der Waals surface area contributed by atoms with Gasteiger partial charge in [0.05, 0.1) is 16.9 Å². The molecule has 0 saturated carbocycles. The molecular formula is C16H14ClPS2. The maximum Gasteiger partial charge on any atom is 0.0835 e. The minimum absolute atomic E-state index is 0.375. The van der Waals surface area contributed by atoms with Crippen molar-refractivity contribution >= 4 is 50.6 Å². The molecule has 0 atom stereocenters. The highest BCUT2D eigenvalue weighted by molar-refractivity contribution is 8.75. The Labute approximate surface area is 134 Å². The molecule has 0 radical (unpaired) electrons. The molecule has 0 aliphatic heterocycles. The monoisotopic (exact) mass is 336 g/mol. The van der Waals surface area contributed by atoms with Crippen LogP contribution in [0, 0.1) is 11.8 Å². The molecule has 0 heterocycles. The lowest BCUT2D eigenvalue weighted by molar-refractivity contribution is 1.76. The second kappa shape index (κ2) is 7.91. The van der Waals surface area contributed by atoms with E-state index in [9.17, 15) is 0 Å². The van der Waals surface area contributed by atoms with Crippen LogP contribution in [0.15, 0.2) is 60.7 Å². The van der Waals surface area contributed by atoms with E-state index in [0.29, 0.717) is 11.6 Å². The number of rotatable bonds is 4. The van der Waals surface area contributed by atoms with E-state index in [2.05, 4.69) is 36.1 Å². The molecule has 0 spiro atoms. The second-order valence-electron chi connectivity index (χ2n) is 3.98. The maximum atomic E-state index is 6.06. The van der Waals surface area contributed by atoms with Crippen molar-refractivity contribution in [1.82, 2.24) is 0 Å². The minimum Gasteiger partial charge on any atom is -0.113 e. The van der Waals surface area contributed by atoms with Crippen molar-refractivity contribution in [3.63, 3.8) is 0 Å². The first-order valence-electron chi connectivity index (χ1n) is 6.15. The Hall–Kier alpha value is -0.710. The van der Waals surface area contributed by atoms with Gasteiger partial charge in [-0.15, -0.1) is 23.0 Å². The van der Waals surface area contributed by atoms with Crippen LogP contribution in [-0.2, 0) is 11.8 Å². The molecule has 2 rings (SSSR count). The molecule has 102 valence electrons. The zero-order valence-electron chi connectivity index (χ0n) is 10.8. The summed E-state index contributed by atoms with van der Waals surface area (Å²) >= 11 is 13.4. The van der Waals surface area contributed by atoms with E-state index in [-0.39, 0.29) is 0 Å². The van der Waals surface area contributed by atoms with Crippen LogP contribution in [-0.4, -0.2) is 11.6 Å². The Balaban J connectivity index is 2.36. The van der Waals surface area contributed by atoms with Crippen LogP contribution in [0.25, 0.3) is 0 Å². The van der Waals surface area contributed by atoms with Crippen LogP contribution < -0.4 is 10.6 Å². The molecule has 0 nitrogen and oxygen atoms in total. The van der Waals surface area contributed by atoms with E-state index >= 15 is 0 Å². The van der Waals surface area contributed by atoms with Crippen molar-refractivity contribution in [1.29, 1.82) is 0 Å². The lowest BCUT2D eigenvalue weighted by Crippen LogP contribution is -2.13. The molecule has 4 heteroatoms. The van der Waals surface area contributed by atoms with Gasteiger partial charge in [-0.2, -0.15) is 0 Å². The first-order chi connectivity index (χ1) is 9.77. The van der Waals surface area contributed by atoms with Crippen LogP contribution in [0.3, 0.4) is 0 Å².